The lowest BCUT2D eigenvalue weighted by Crippen LogP contribution is -2.13. The fraction of sp³-hybridized carbons (Fsp3) is 0. The average Bonchev–Trinajstić information content (AvgIpc) is 2.70. The number of hydrogen-bond donors (Lipinski definition) is 2. The standard InChI is InChI=1S/C8H6BrClN4O2S/c9-5-3-1-2-4(6(5)10)7-12-8(14-13-7)17(11,15)16/h1-3H,(H2,11,15,16)(H,12,13,14). The molecule has 1 aromatic heterocycles. The Morgan fingerprint density at radius 1 is 1.41 bits per heavy atom. The van der Waals surface area contributed by atoms with Crippen molar-refractivity contribution in [2.24, 2.45) is 5.14 Å². The van der Waals surface area contributed by atoms with Crippen molar-refractivity contribution < 1.29 is 8.42 Å². The Morgan fingerprint density at radius 3 is 2.71 bits per heavy atom. The molecule has 6 nitrogen and oxygen atoms in total. The Bertz CT molecular complexity index is 670. The number of halogens is 2. The molecule has 2 rings (SSSR count). The van der Waals surface area contributed by atoms with Crippen molar-refractivity contribution in [1.29, 1.82) is 0 Å². The maximum atomic E-state index is 11.0. The van der Waals surface area contributed by atoms with E-state index >= 15 is 0 Å². The van der Waals surface area contributed by atoms with Crippen LogP contribution in [0.1, 0.15) is 0 Å². The average molecular weight is 338 g/mol. The molecule has 0 saturated carbocycles. The monoisotopic (exact) mass is 336 g/mol. The van der Waals surface area contributed by atoms with Gasteiger partial charge in [-0.05, 0) is 28.1 Å². The van der Waals surface area contributed by atoms with E-state index in [9.17, 15) is 8.42 Å². The van der Waals surface area contributed by atoms with E-state index < -0.39 is 15.2 Å². The lowest BCUT2D eigenvalue weighted by Gasteiger charge is -2.00. The number of rotatable bonds is 2. The Kier molecular flexibility index (Phi) is 3.21. The molecule has 90 valence electrons. The SMILES string of the molecule is NS(=O)(=O)c1nc(-c2cccc(Br)c2Cl)n[nH]1. The third kappa shape index (κ3) is 2.49. The first-order valence-corrected chi connectivity index (χ1v) is 7.01. The fourth-order valence-electron chi connectivity index (χ4n) is 1.17. The number of primary sulfonamides is 1. The second-order valence-corrected chi connectivity index (χ2v) is 5.82. The van der Waals surface area contributed by atoms with E-state index in [-0.39, 0.29) is 5.82 Å². The van der Waals surface area contributed by atoms with Gasteiger partial charge < -0.3 is 0 Å². The van der Waals surface area contributed by atoms with E-state index in [0.717, 1.165) is 0 Å². The minimum Gasteiger partial charge on any atom is -0.248 e. The highest BCUT2D eigenvalue weighted by Crippen LogP contribution is 2.31. The van der Waals surface area contributed by atoms with E-state index in [4.69, 9.17) is 16.7 Å². The van der Waals surface area contributed by atoms with Gasteiger partial charge >= 0.3 is 0 Å². The quantitative estimate of drug-likeness (QED) is 0.867. The number of aromatic nitrogens is 3. The number of nitrogens with one attached hydrogen (secondary N) is 1. The number of hydrogen-bond acceptors (Lipinski definition) is 4. The van der Waals surface area contributed by atoms with Crippen LogP contribution < -0.4 is 5.14 Å². The van der Waals surface area contributed by atoms with Crippen LogP contribution in [0.2, 0.25) is 5.02 Å². The molecule has 1 aromatic carbocycles. The summed E-state index contributed by atoms with van der Waals surface area (Å²) in [5.74, 6) is 0.167. The number of nitrogens with two attached hydrogens (primary N) is 1. The maximum absolute atomic E-state index is 11.0. The highest BCUT2D eigenvalue weighted by Gasteiger charge is 2.17. The van der Waals surface area contributed by atoms with Gasteiger partial charge in [0.1, 0.15) is 0 Å². The van der Waals surface area contributed by atoms with Crippen LogP contribution in [0.25, 0.3) is 11.4 Å². The molecule has 3 N–H and O–H groups in total. The van der Waals surface area contributed by atoms with Gasteiger partial charge in [0.15, 0.2) is 5.82 Å². The van der Waals surface area contributed by atoms with Crippen LogP contribution in [0, 0.1) is 0 Å². The van der Waals surface area contributed by atoms with Crippen LogP contribution in [0.3, 0.4) is 0 Å². The van der Waals surface area contributed by atoms with Gasteiger partial charge in [0.05, 0.1) is 5.02 Å². The highest BCUT2D eigenvalue weighted by molar-refractivity contribution is 9.10. The summed E-state index contributed by atoms with van der Waals surface area (Å²) >= 11 is 9.28. The van der Waals surface area contributed by atoms with Gasteiger partial charge in [-0.25, -0.2) is 18.7 Å². The molecule has 2 aromatic rings. The molecule has 0 spiro atoms. The summed E-state index contributed by atoms with van der Waals surface area (Å²) in [4.78, 5) is 3.77. The van der Waals surface area contributed by atoms with E-state index in [1.54, 1.807) is 18.2 Å². The Morgan fingerprint density at radius 2 is 2.12 bits per heavy atom. The first-order chi connectivity index (χ1) is 7.89. The van der Waals surface area contributed by atoms with Gasteiger partial charge in [-0.15, -0.1) is 0 Å². The number of nitrogens with zero attached hydrogens (tertiary/aromatic N) is 2. The summed E-state index contributed by atoms with van der Waals surface area (Å²) in [5.41, 5.74) is 0.507. The van der Waals surface area contributed by atoms with Crippen molar-refractivity contribution in [1.82, 2.24) is 15.2 Å². The fourth-order valence-corrected chi connectivity index (χ4v) is 2.13. The predicted octanol–water partition coefficient (Wildman–Crippen LogP) is 1.53. The Labute approximate surface area is 110 Å². The molecular formula is C8H6BrClN4O2S. The molecule has 0 unspecified atom stereocenters. The van der Waals surface area contributed by atoms with Gasteiger partial charge in [0.25, 0.3) is 15.2 Å². The number of benzene rings is 1. The predicted molar refractivity (Wildman–Crippen MR) is 65.9 cm³/mol. The number of H-pyrrole nitrogens is 1. The van der Waals surface area contributed by atoms with Gasteiger partial charge in [0.2, 0.25) is 0 Å². The van der Waals surface area contributed by atoms with Crippen molar-refractivity contribution in [3.05, 3.63) is 27.7 Å². The van der Waals surface area contributed by atoms with Gasteiger partial charge in [0, 0.05) is 10.0 Å². The molecule has 0 aliphatic rings. The zero-order chi connectivity index (χ0) is 12.6. The van der Waals surface area contributed by atoms with Crippen molar-refractivity contribution in [3.63, 3.8) is 0 Å². The lowest BCUT2D eigenvalue weighted by molar-refractivity contribution is 0.589. The Hall–Kier alpha value is -0.960. The lowest BCUT2D eigenvalue weighted by atomic mass is 10.2. The Balaban J connectivity index is 2.55. The van der Waals surface area contributed by atoms with Crippen LogP contribution in [-0.4, -0.2) is 23.6 Å². The van der Waals surface area contributed by atoms with Crippen LogP contribution in [0.15, 0.2) is 27.8 Å². The molecule has 0 radical (unpaired) electrons. The number of aromatic amines is 1. The second-order valence-electron chi connectivity index (χ2n) is 3.11. The number of sulfonamides is 1. The van der Waals surface area contributed by atoms with Gasteiger partial charge in [-0.3, -0.25) is 0 Å². The van der Waals surface area contributed by atoms with E-state index in [1.807, 2.05) is 0 Å². The first kappa shape index (κ1) is 12.5. The minimum absolute atomic E-state index is 0.167. The topological polar surface area (TPSA) is 102 Å². The molecule has 9 heteroatoms. The molecular weight excluding hydrogens is 332 g/mol. The second kappa shape index (κ2) is 4.37. The zero-order valence-electron chi connectivity index (χ0n) is 8.18. The third-order valence-corrected chi connectivity index (χ3v) is 3.94. The molecule has 17 heavy (non-hydrogen) atoms. The van der Waals surface area contributed by atoms with Crippen LogP contribution in [0.5, 0.6) is 0 Å². The van der Waals surface area contributed by atoms with Crippen molar-refractivity contribution in [2.45, 2.75) is 5.16 Å². The molecule has 0 atom stereocenters. The van der Waals surface area contributed by atoms with Crippen LogP contribution in [-0.2, 0) is 10.0 Å². The van der Waals surface area contributed by atoms with Crippen molar-refractivity contribution in [2.75, 3.05) is 0 Å². The summed E-state index contributed by atoms with van der Waals surface area (Å²) in [6.45, 7) is 0. The van der Waals surface area contributed by atoms with E-state index in [2.05, 4.69) is 31.1 Å². The molecule has 0 aliphatic carbocycles. The zero-order valence-corrected chi connectivity index (χ0v) is 11.3. The van der Waals surface area contributed by atoms with E-state index in [1.165, 1.54) is 0 Å². The van der Waals surface area contributed by atoms with E-state index in [0.29, 0.717) is 15.1 Å². The summed E-state index contributed by atoms with van der Waals surface area (Å²) in [7, 11) is -3.90. The summed E-state index contributed by atoms with van der Waals surface area (Å²) < 4.78 is 22.7. The van der Waals surface area contributed by atoms with Crippen molar-refractivity contribution in [3.8, 4) is 11.4 Å². The smallest absolute Gasteiger partial charge is 0.248 e. The summed E-state index contributed by atoms with van der Waals surface area (Å²) in [6, 6.07) is 5.15. The normalized spacial score (nSPS) is 11.7. The molecule has 0 fully saturated rings. The van der Waals surface area contributed by atoms with Crippen molar-refractivity contribution >= 4 is 37.6 Å². The largest absolute Gasteiger partial charge is 0.273 e. The minimum atomic E-state index is -3.90. The highest BCUT2D eigenvalue weighted by atomic mass is 79.9. The molecule has 0 amide bonds. The molecule has 0 bridgehead atoms. The van der Waals surface area contributed by atoms with Gasteiger partial charge in [-0.2, -0.15) is 10.1 Å². The molecule has 0 aliphatic heterocycles. The molecule has 0 saturated heterocycles. The third-order valence-electron chi connectivity index (χ3n) is 1.93. The first-order valence-electron chi connectivity index (χ1n) is 4.29. The molecule has 1 heterocycles. The summed E-state index contributed by atoms with van der Waals surface area (Å²) in [6.07, 6.45) is 0. The maximum Gasteiger partial charge on any atom is 0.273 e. The van der Waals surface area contributed by atoms with Gasteiger partial charge in [-0.1, -0.05) is 17.7 Å². The van der Waals surface area contributed by atoms with Crippen LogP contribution >= 0.6 is 27.5 Å². The summed E-state index contributed by atoms with van der Waals surface area (Å²) in [5, 5.41) is 10.9. The van der Waals surface area contributed by atoms with Crippen LogP contribution in [0.4, 0.5) is 0 Å².